The van der Waals surface area contributed by atoms with Crippen LogP contribution < -0.4 is 25.0 Å². The molecule has 0 heterocycles. The SMILES string of the molecule is CCOc1ccccc1N=C([O-])c1cc2ccccc2c(N=Nc2c(Cl)cc(S(=O)(=O)O)cc2CC)c1[O-].CCOc1ccccc1NC(=O)c1cc2ccccc2c(N=Nc2c(Cl)cc(S(=O)(=O)O)cc2CC)c1O.[Ba+2]. The number of hydrogen-bond acceptors (Lipinski definition) is 15. The quantitative estimate of drug-likeness (QED) is 0.0231. The van der Waals surface area contributed by atoms with Gasteiger partial charge in [-0.25, -0.2) is 0 Å². The Morgan fingerprint density at radius 1 is 0.597 bits per heavy atom. The maximum absolute atomic E-state index is 13.5. The van der Waals surface area contributed by atoms with E-state index in [0.29, 0.717) is 75.9 Å². The maximum atomic E-state index is 13.5. The largest absolute Gasteiger partial charge is 2.00 e. The monoisotopic (exact) mass is 1240 g/mol. The van der Waals surface area contributed by atoms with Crippen molar-refractivity contribution in [2.24, 2.45) is 25.4 Å². The smallest absolute Gasteiger partial charge is 0.871 e. The number of fused-ring (bicyclic) bond motifs is 2. The Bertz CT molecular complexity index is 3860. The number of hydrogen-bond donors (Lipinski definition) is 4. The van der Waals surface area contributed by atoms with Gasteiger partial charge in [-0.05, 0) is 121 Å². The molecule has 392 valence electrons. The fourth-order valence-corrected chi connectivity index (χ4v) is 9.51. The van der Waals surface area contributed by atoms with Gasteiger partial charge in [0.15, 0.2) is 5.75 Å². The van der Waals surface area contributed by atoms with Gasteiger partial charge in [0.1, 0.15) is 34.2 Å². The standard InChI is InChI=1S/2C27H24ClN3O6S.Ba/c2*1-3-16-13-18(38(34,35)36)15-21(28)24(16)30-31-25-19-10-6-5-9-17(19)14-20(26(25)32)27(33)29-22-11-7-8-12-23(22)37-4-2;/h2*5-15,32H,3-4H2,1-2H3,(H,29,33)(H,34,35,36);/q;;+2/p-2. The van der Waals surface area contributed by atoms with E-state index in [0.717, 1.165) is 12.1 Å². The molecule has 0 saturated heterocycles. The number of carbonyl (C=O) groups excluding carboxylic acids is 1. The first-order valence-corrected chi connectivity index (χ1v) is 26.8. The number of carbonyl (C=O) groups is 1. The van der Waals surface area contributed by atoms with E-state index in [1.54, 1.807) is 124 Å². The Morgan fingerprint density at radius 2 is 1.04 bits per heavy atom. The van der Waals surface area contributed by atoms with E-state index in [9.17, 15) is 46.1 Å². The number of azo groups is 2. The van der Waals surface area contributed by atoms with Gasteiger partial charge in [0, 0.05) is 10.8 Å². The number of nitrogens with one attached hydrogen (secondary N) is 1. The van der Waals surface area contributed by atoms with Crippen molar-refractivity contribution in [3.63, 3.8) is 0 Å². The van der Waals surface area contributed by atoms with Gasteiger partial charge in [-0.3, -0.25) is 18.9 Å². The molecule has 4 N–H and O–H groups in total. The average molecular weight is 1240 g/mol. The van der Waals surface area contributed by atoms with Gasteiger partial charge in [-0.2, -0.15) is 21.9 Å². The third-order valence-electron chi connectivity index (χ3n) is 11.4. The summed E-state index contributed by atoms with van der Waals surface area (Å²) in [5.74, 6) is -1.54. The predicted octanol–water partition coefficient (Wildman–Crippen LogP) is 12.3. The summed E-state index contributed by atoms with van der Waals surface area (Å²) in [6.45, 7) is 7.93. The molecule has 1 amide bonds. The molecule has 0 aliphatic rings. The van der Waals surface area contributed by atoms with Crippen molar-refractivity contribution in [3.8, 4) is 23.0 Å². The number of aliphatic imine (C=N–C) groups is 1. The molecule has 77 heavy (non-hydrogen) atoms. The van der Waals surface area contributed by atoms with Crippen LogP contribution in [0.1, 0.15) is 54.7 Å². The van der Waals surface area contributed by atoms with Crippen LogP contribution in [0, 0.1) is 0 Å². The van der Waals surface area contributed by atoms with Gasteiger partial charge in [0.05, 0.1) is 50.0 Å². The molecule has 8 rings (SSSR count). The van der Waals surface area contributed by atoms with E-state index < -0.39 is 43.5 Å². The van der Waals surface area contributed by atoms with Crippen LogP contribution in [0.25, 0.3) is 21.5 Å². The van der Waals surface area contributed by atoms with E-state index in [-0.39, 0.29) is 108 Å². The number of ether oxygens (including phenoxy) is 2. The minimum absolute atomic E-state index is 0. The fraction of sp³-hybridized carbons (Fsp3) is 0.148. The Labute approximate surface area is 493 Å². The molecule has 0 aliphatic heterocycles. The average Bonchev–Trinajstić information content (AvgIpc) is 3.40. The number of benzene rings is 8. The second kappa shape index (κ2) is 26.3. The van der Waals surface area contributed by atoms with Gasteiger partial charge in [0.25, 0.3) is 26.1 Å². The van der Waals surface area contributed by atoms with E-state index in [2.05, 4.69) is 30.8 Å². The number of phenols is 1. The topological polar surface area (TPSA) is 284 Å². The van der Waals surface area contributed by atoms with Crippen LogP contribution in [-0.4, -0.2) is 105 Å². The Morgan fingerprint density at radius 3 is 1.57 bits per heavy atom. The third-order valence-corrected chi connectivity index (χ3v) is 13.6. The van der Waals surface area contributed by atoms with E-state index >= 15 is 0 Å². The first kappa shape index (κ1) is 59.8. The van der Waals surface area contributed by atoms with Crippen molar-refractivity contribution in [1.29, 1.82) is 0 Å². The number of aromatic hydroxyl groups is 1. The van der Waals surface area contributed by atoms with Gasteiger partial charge in [0.2, 0.25) is 0 Å². The molecule has 18 nitrogen and oxygen atoms in total. The van der Waals surface area contributed by atoms with Crippen LogP contribution in [0.15, 0.2) is 169 Å². The molecular weight excluding hydrogens is 1200 g/mol. The van der Waals surface area contributed by atoms with Crippen molar-refractivity contribution in [3.05, 3.63) is 166 Å². The summed E-state index contributed by atoms with van der Waals surface area (Å²) in [6, 6.07) is 35.2. The number of rotatable bonds is 16. The summed E-state index contributed by atoms with van der Waals surface area (Å²) in [6.07, 6.45) is 0.658. The van der Waals surface area contributed by atoms with Gasteiger partial charge < -0.3 is 30.1 Å². The van der Waals surface area contributed by atoms with Gasteiger partial charge in [-0.1, -0.05) is 116 Å². The zero-order valence-electron chi connectivity index (χ0n) is 41.6. The first-order valence-electron chi connectivity index (χ1n) is 23.2. The number of anilines is 1. The second-order valence-corrected chi connectivity index (χ2v) is 19.9. The summed E-state index contributed by atoms with van der Waals surface area (Å²) in [4.78, 5) is 16.6. The molecule has 0 radical (unpaired) electrons. The van der Waals surface area contributed by atoms with Crippen LogP contribution in [0.3, 0.4) is 0 Å². The van der Waals surface area contributed by atoms with E-state index in [1.165, 1.54) is 18.2 Å². The number of halogens is 2. The normalized spacial score (nSPS) is 11.9. The van der Waals surface area contributed by atoms with E-state index in [4.69, 9.17) is 32.7 Å². The van der Waals surface area contributed by atoms with Crippen LogP contribution in [0.5, 0.6) is 23.0 Å². The van der Waals surface area contributed by atoms with Crippen molar-refractivity contribution in [2.75, 3.05) is 18.5 Å². The summed E-state index contributed by atoms with van der Waals surface area (Å²) in [7, 11) is -8.96. The number of para-hydroxylation sites is 4. The number of aryl methyl sites for hydroxylation is 2. The molecule has 0 bridgehead atoms. The summed E-state index contributed by atoms with van der Waals surface area (Å²) >= 11 is 12.6. The minimum Gasteiger partial charge on any atom is -0.871 e. The second-order valence-electron chi connectivity index (χ2n) is 16.2. The maximum Gasteiger partial charge on any atom is 2.00 e. The minimum atomic E-state index is -4.49. The molecule has 0 saturated carbocycles. The fourth-order valence-electron chi connectivity index (χ4n) is 7.71. The number of nitrogens with zero attached hydrogens (tertiary/aromatic N) is 5. The Hall–Kier alpha value is -6.41. The zero-order valence-corrected chi connectivity index (χ0v) is 49.1. The van der Waals surface area contributed by atoms with Crippen molar-refractivity contribution < 1.29 is 55.5 Å². The molecule has 8 aromatic carbocycles. The molecule has 0 aromatic heterocycles. The summed E-state index contributed by atoms with van der Waals surface area (Å²) in [5.41, 5.74) is 1.53. The molecule has 0 aliphatic carbocycles. The molecule has 8 aromatic rings. The molecule has 0 atom stereocenters. The molecular formula is C54H46BaCl2N6O12S2. The number of phenolic OH excluding ortho intramolecular Hbond substituents is 1. The summed E-state index contributed by atoms with van der Waals surface area (Å²) in [5, 5.41) is 59.3. The van der Waals surface area contributed by atoms with E-state index in [1.807, 2.05) is 6.92 Å². The van der Waals surface area contributed by atoms with Crippen molar-refractivity contribution in [1.82, 2.24) is 0 Å². The third kappa shape index (κ3) is 14.2. The molecule has 0 unspecified atom stereocenters. The van der Waals surface area contributed by atoms with Crippen molar-refractivity contribution >= 4 is 160 Å². The van der Waals surface area contributed by atoms with Crippen LogP contribution in [-0.2, 0) is 33.1 Å². The number of amides is 1. The molecule has 23 heteroatoms. The first-order chi connectivity index (χ1) is 36.3. The van der Waals surface area contributed by atoms with Crippen LogP contribution in [0.4, 0.5) is 34.1 Å². The van der Waals surface area contributed by atoms with Crippen LogP contribution >= 0.6 is 23.2 Å². The predicted molar refractivity (Wildman–Crippen MR) is 294 cm³/mol. The zero-order chi connectivity index (χ0) is 54.9. The van der Waals surface area contributed by atoms with Gasteiger partial charge >= 0.3 is 48.9 Å². The van der Waals surface area contributed by atoms with Gasteiger partial charge in [-0.15, -0.1) is 15.3 Å². The Kier molecular flexibility index (Phi) is 20.4. The molecule has 0 spiro atoms. The summed E-state index contributed by atoms with van der Waals surface area (Å²) < 4.78 is 76.2. The van der Waals surface area contributed by atoms with Crippen molar-refractivity contribution in [2.45, 2.75) is 50.3 Å². The van der Waals surface area contributed by atoms with Crippen LogP contribution in [0.2, 0.25) is 10.0 Å². The molecule has 0 fully saturated rings. The Balaban J connectivity index is 0.000000246.